The molecule has 0 aliphatic rings. The lowest BCUT2D eigenvalue weighted by atomic mass is 10.3. The molecule has 0 aliphatic carbocycles. The van der Waals surface area contributed by atoms with Crippen LogP contribution in [0.4, 0.5) is 11.6 Å². The molecule has 1 aromatic heterocycles. The number of amides is 1. The first kappa shape index (κ1) is 14.2. The zero-order valence-corrected chi connectivity index (χ0v) is 11.4. The molecule has 0 aliphatic heterocycles. The maximum absolute atomic E-state index is 11.5. The van der Waals surface area contributed by atoms with Gasteiger partial charge in [0.05, 0.1) is 6.54 Å². The largest absolute Gasteiger partial charge is 0.373 e. The van der Waals surface area contributed by atoms with Gasteiger partial charge in [-0.25, -0.2) is 9.97 Å². The molecule has 0 spiro atoms. The van der Waals surface area contributed by atoms with E-state index in [2.05, 4.69) is 25.9 Å². The third kappa shape index (κ3) is 3.87. The molecule has 6 heteroatoms. The Bertz CT molecular complexity index is 419. The molecule has 1 amide bonds. The molecular formula is C12H21N5O. The molecule has 0 atom stereocenters. The van der Waals surface area contributed by atoms with Crippen LogP contribution in [-0.2, 0) is 4.79 Å². The van der Waals surface area contributed by atoms with Crippen LogP contribution < -0.4 is 16.0 Å². The van der Waals surface area contributed by atoms with Gasteiger partial charge in [-0.15, -0.1) is 0 Å². The van der Waals surface area contributed by atoms with Crippen LogP contribution in [0, 0.1) is 13.8 Å². The normalized spacial score (nSPS) is 10.0. The fraction of sp³-hybridized carbons (Fsp3) is 0.583. The van der Waals surface area contributed by atoms with Gasteiger partial charge in [0, 0.05) is 19.2 Å². The summed E-state index contributed by atoms with van der Waals surface area (Å²) in [6.45, 7) is 6.68. The van der Waals surface area contributed by atoms with Gasteiger partial charge in [0.15, 0.2) is 0 Å². The van der Waals surface area contributed by atoms with Crippen LogP contribution in [0.25, 0.3) is 0 Å². The number of aryl methyl sites for hydroxylation is 1. The van der Waals surface area contributed by atoms with E-state index in [0.29, 0.717) is 18.2 Å². The quantitative estimate of drug-likeness (QED) is 0.705. The third-order valence-electron chi connectivity index (χ3n) is 2.48. The third-order valence-corrected chi connectivity index (χ3v) is 2.48. The monoisotopic (exact) mass is 251 g/mol. The first-order chi connectivity index (χ1) is 8.58. The molecule has 0 radical (unpaired) electrons. The highest BCUT2D eigenvalue weighted by molar-refractivity contribution is 5.80. The van der Waals surface area contributed by atoms with E-state index in [1.807, 2.05) is 27.8 Å². The summed E-state index contributed by atoms with van der Waals surface area (Å²) in [5.74, 6) is 2.11. The SMILES string of the molecule is CCCNC(=O)CNc1nc(C)nc(NC)c1C. The molecule has 18 heavy (non-hydrogen) atoms. The van der Waals surface area contributed by atoms with Crippen LogP contribution in [-0.4, -0.2) is 36.0 Å². The maximum Gasteiger partial charge on any atom is 0.239 e. The number of carbonyl (C=O) groups excluding carboxylic acids is 1. The Balaban J connectivity index is 2.67. The lowest BCUT2D eigenvalue weighted by Gasteiger charge is -2.12. The topological polar surface area (TPSA) is 78.9 Å². The van der Waals surface area contributed by atoms with Crippen molar-refractivity contribution in [1.29, 1.82) is 0 Å². The number of aromatic nitrogens is 2. The lowest BCUT2D eigenvalue weighted by Crippen LogP contribution is -2.30. The van der Waals surface area contributed by atoms with Gasteiger partial charge >= 0.3 is 0 Å². The highest BCUT2D eigenvalue weighted by atomic mass is 16.1. The number of nitrogens with one attached hydrogen (secondary N) is 3. The molecule has 1 rings (SSSR count). The highest BCUT2D eigenvalue weighted by Gasteiger charge is 2.08. The number of nitrogens with zero attached hydrogens (tertiary/aromatic N) is 2. The predicted molar refractivity (Wildman–Crippen MR) is 72.8 cm³/mol. The van der Waals surface area contributed by atoms with Gasteiger partial charge in [-0.1, -0.05) is 6.92 Å². The summed E-state index contributed by atoms with van der Waals surface area (Å²) < 4.78 is 0. The van der Waals surface area contributed by atoms with Crippen molar-refractivity contribution in [3.05, 3.63) is 11.4 Å². The van der Waals surface area contributed by atoms with Crippen LogP contribution in [0.1, 0.15) is 24.7 Å². The second-order valence-corrected chi connectivity index (χ2v) is 4.05. The summed E-state index contributed by atoms with van der Waals surface area (Å²) in [4.78, 5) is 20.1. The smallest absolute Gasteiger partial charge is 0.239 e. The number of anilines is 2. The molecule has 0 saturated carbocycles. The first-order valence-corrected chi connectivity index (χ1v) is 6.12. The number of hydrogen-bond donors (Lipinski definition) is 3. The molecular weight excluding hydrogens is 230 g/mol. The van der Waals surface area contributed by atoms with Crippen LogP contribution in [0.5, 0.6) is 0 Å². The van der Waals surface area contributed by atoms with Crippen molar-refractivity contribution in [1.82, 2.24) is 15.3 Å². The summed E-state index contributed by atoms with van der Waals surface area (Å²) in [5.41, 5.74) is 0.909. The summed E-state index contributed by atoms with van der Waals surface area (Å²) in [7, 11) is 1.81. The Morgan fingerprint density at radius 1 is 1.22 bits per heavy atom. The van der Waals surface area contributed by atoms with Crippen LogP contribution in [0.2, 0.25) is 0 Å². The van der Waals surface area contributed by atoms with Gasteiger partial charge in [-0.2, -0.15) is 0 Å². The van der Waals surface area contributed by atoms with Gasteiger partial charge in [-0.05, 0) is 20.3 Å². The van der Waals surface area contributed by atoms with Crippen molar-refractivity contribution >= 4 is 17.5 Å². The standard InChI is InChI=1S/C12H21N5O/c1-5-6-14-10(18)7-15-12-8(2)11(13-4)16-9(3)17-12/h5-7H2,1-4H3,(H,14,18)(H2,13,15,16,17). The molecule has 100 valence electrons. The molecule has 6 nitrogen and oxygen atoms in total. The van der Waals surface area contributed by atoms with E-state index in [1.165, 1.54) is 0 Å². The summed E-state index contributed by atoms with van der Waals surface area (Å²) in [5, 5.41) is 8.85. The fourth-order valence-corrected chi connectivity index (χ4v) is 1.53. The Kier molecular flexibility index (Phi) is 5.35. The maximum atomic E-state index is 11.5. The fourth-order valence-electron chi connectivity index (χ4n) is 1.53. The van der Waals surface area contributed by atoms with Crippen LogP contribution in [0.15, 0.2) is 0 Å². The zero-order valence-electron chi connectivity index (χ0n) is 11.4. The average molecular weight is 251 g/mol. The minimum absolute atomic E-state index is 0.0291. The number of carbonyl (C=O) groups is 1. The molecule has 0 saturated heterocycles. The molecule has 0 aromatic carbocycles. The number of hydrogen-bond acceptors (Lipinski definition) is 5. The lowest BCUT2D eigenvalue weighted by molar-refractivity contribution is -0.119. The number of rotatable bonds is 6. The van der Waals surface area contributed by atoms with Crippen molar-refractivity contribution in [2.24, 2.45) is 0 Å². The van der Waals surface area contributed by atoms with Gasteiger partial charge in [0.1, 0.15) is 17.5 Å². The van der Waals surface area contributed by atoms with Crippen molar-refractivity contribution in [3.8, 4) is 0 Å². The molecule has 1 heterocycles. The summed E-state index contributed by atoms with van der Waals surface area (Å²) in [6, 6.07) is 0. The van der Waals surface area contributed by atoms with E-state index in [1.54, 1.807) is 0 Å². The van der Waals surface area contributed by atoms with E-state index >= 15 is 0 Å². The molecule has 0 fully saturated rings. The van der Waals surface area contributed by atoms with Gasteiger partial charge in [-0.3, -0.25) is 4.79 Å². The summed E-state index contributed by atoms with van der Waals surface area (Å²) in [6.07, 6.45) is 0.932. The van der Waals surface area contributed by atoms with Crippen LogP contribution >= 0.6 is 0 Å². The average Bonchev–Trinajstić information content (AvgIpc) is 2.36. The second-order valence-electron chi connectivity index (χ2n) is 4.05. The van der Waals surface area contributed by atoms with E-state index in [4.69, 9.17) is 0 Å². The predicted octanol–water partition coefficient (Wildman–Crippen LogP) is 1.07. The minimum Gasteiger partial charge on any atom is -0.373 e. The summed E-state index contributed by atoms with van der Waals surface area (Å²) >= 11 is 0. The van der Waals surface area contributed by atoms with E-state index < -0.39 is 0 Å². The van der Waals surface area contributed by atoms with E-state index in [9.17, 15) is 4.79 Å². The van der Waals surface area contributed by atoms with Crippen molar-refractivity contribution < 1.29 is 4.79 Å². The van der Waals surface area contributed by atoms with Gasteiger partial charge < -0.3 is 16.0 Å². The van der Waals surface area contributed by atoms with Gasteiger partial charge in [0.2, 0.25) is 5.91 Å². The molecule has 0 bridgehead atoms. The molecule has 0 unspecified atom stereocenters. The van der Waals surface area contributed by atoms with E-state index in [-0.39, 0.29) is 12.5 Å². The Hall–Kier alpha value is -1.85. The van der Waals surface area contributed by atoms with Crippen LogP contribution in [0.3, 0.4) is 0 Å². The minimum atomic E-state index is -0.0291. The van der Waals surface area contributed by atoms with Crippen molar-refractivity contribution in [2.45, 2.75) is 27.2 Å². The highest BCUT2D eigenvalue weighted by Crippen LogP contribution is 2.18. The first-order valence-electron chi connectivity index (χ1n) is 6.12. The molecule has 1 aromatic rings. The van der Waals surface area contributed by atoms with Crippen molar-refractivity contribution in [2.75, 3.05) is 30.8 Å². The van der Waals surface area contributed by atoms with Crippen molar-refractivity contribution in [3.63, 3.8) is 0 Å². The Morgan fingerprint density at radius 2 is 1.89 bits per heavy atom. The Morgan fingerprint density at radius 3 is 2.50 bits per heavy atom. The Labute approximate surface area is 108 Å². The molecule has 3 N–H and O–H groups in total. The second kappa shape index (κ2) is 6.78. The zero-order chi connectivity index (χ0) is 13.5. The van der Waals surface area contributed by atoms with E-state index in [0.717, 1.165) is 17.8 Å². The van der Waals surface area contributed by atoms with Gasteiger partial charge in [0.25, 0.3) is 0 Å².